The van der Waals surface area contributed by atoms with E-state index in [0.717, 1.165) is 17.8 Å². The van der Waals surface area contributed by atoms with Crippen molar-refractivity contribution in [2.75, 3.05) is 56.9 Å². The van der Waals surface area contributed by atoms with Crippen molar-refractivity contribution in [2.45, 2.75) is 13.1 Å². The van der Waals surface area contributed by atoms with Gasteiger partial charge in [0.25, 0.3) is 0 Å². The average Bonchev–Trinajstić information content (AvgIpc) is 3.23. The van der Waals surface area contributed by atoms with Crippen molar-refractivity contribution in [2.24, 2.45) is 0 Å². The molecule has 0 spiro atoms. The molecule has 0 saturated carbocycles. The highest BCUT2D eigenvalue weighted by molar-refractivity contribution is 7.15. The molecule has 0 fully saturated rings. The average molecular weight is 468 g/mol. The summed E-state index contributed by atoms with van der Waals surface area (Å²) in [6.07, 6.45) is 0. The smallest absolute Gasteiger partial charge is 0.244 e. The van der Waals surface area contributed by atoms with Gasteiger partial charge in [0.1, 0.15) is 12.3 Å². The van der Waals surface area contributed by atoms with Crippen molar-refractivity contribution >= 4 is 34.4 Å². The molecule has 9 heteroatoms. The number of methoxy groups -OCH3 is 1. The number of benzene rings is 1. The Morgan fingerprint density at radius 1 is 1.21 bits per heavy atom. The predicted molar refractivity (Wildman–Crippen MR) is 133 cm³/mol. The van der Waals surface area contributed by atoms with E-state index in [9.17, 15) is 4.79 Å². The number of hydrogen-bond donors (Lipinski definition) is 2. The number of amides is 1. The number of fused-ring (bicyclic) bond motifs is 1. The number of hydrogen-bond acceptors (Lipinski definition) is 8. The van der Waals surface area contributed by atoms with Crippen LogP contribution in [0.15, 0.2) is 42.5 Å². The Bertz CT molecular complexity index is 1130. The quantitative estimate of drug-likeness (QED) is 0.466. The summed E-state index contributed by atoms with van der Waals surface area (Å²) in [5.41, 5.74) is 9.73. The van der Waals surface area contributed by atoms with E-state index < -0.39 is 0 Å². The van der Waals surface area contributed by atoms with Crippen LogP contribution in [0.5, 0.6) is 5.88 Å². The number of nitrogens with zero attached hydrogens (tertiary/aromatic N) is 3. The van der Waals surface area contributed by atoms with Crippen LogP contribution in [0.1, 0.15) is 10.4 Å². The van der Waals surface area contributed by atoms with E-state index in [4.69, 9.17) is 15.2 Å². The fourth-order valence-corrected chi connectivity index (χ4v) is 4.88. The number of thiophene rings is 1. The molecular formula is C24H29N5O3S. The minimum Gasteiger partial charge on any atom is -0.475 e. The molecule has 1 amide bonds. The van der Waals surface area contributed by atoms with Gasteiger partial charge < -0.3 is 30.3 Å². The van der Waals surface area contributed by atoms with Gasteiger partial charge in [0, 0.05) is 36.0 Å². The number of pyridine rings is 1. The molecule has 8 nitrogen and oxygen atoms in total. The first-order valence-corrected chi connectivity index (χ1v) is 11.5. The van der Waals surface area contributed by atoms with Gasteiger partial charge in [-0.1, -0.05) is 18.2 Å². The Hall–Kier alpha value is -3.14. The third kappa shape index (κ3) is 5.62. The summed E-state index contributed by atoms with van der Waals surface area (Å²) < 4.78 is 10.7. The maximum absolute atomic E-state index is 12.4. The van der Waals surface area contributed by atoms with Crippen LogP contribution in [-0.4, -0.2) is 56.8 Å². The molecule has 2 aromatic heterocycles. The summed E-state index contributed by atoms with van der Waals surface area (Å²) >= 11 is 1.80. The first kappa shape index (κ1) is 23.0. The van der Waals surface area contributed by atoms with Gasteiger partial charge in [0.2, 0.25) is 11.8 Å². The van der Waals surface area contributed by atoms with Crippen LogP contribution in [0.25, 0.3) is 10.4 Å². The lowest BCUT2D eigenvalue weighted by Crippen LogP contribution is -2.38. The molecule has 4 rings (SSSR count). The second-order valence-corrected chi connectivity index (χ2v) is 9.36. The summed E-state index contributed by atoms with van der Waals surface area (Å²) in [5, 5.41) is 2.84. The number of carbonyl (C=O) groups excluding carboxylic acids is 1. The second-order valence-electron chi connectivity index (χ2n) is 8.19. The zero-order valence-corrected chi connectivity index (χ0v) is 19.9. The van der Waals surface area contributed by atoms with E-state index in [0.29, 0.717) is 31.3 Å². The maximum Gasteiger partial charge on any atom is 0.244 e. The molecule has 0 aliphatic carbocycles. The first-order chi connectivity index (χ1) is 15.9. The molecule has 0 bridgehead atoms. The minimum atomic E-state index is -0.119. The number of nitrogen functional groups attached to an aromatic ring is 1. The Morgan fingerprint density at radius 2 is 2.06 bits per heavy atom. The van der Waals surface area contributed by atoms with Crippen molar-refractivity contribution in [1.82, 2.24) is 9.88 Å². The molecule has 0 unspecified atom stereocenters. The summed E-state index contributed by atoms with van der Waals surface area (Å²) in [6, 6.07) is 14.6. The summed E-state index contributed by atoms with van der Waals surface area (Å²) in [5.74, 6) is 0.524. The zero-order chi connectivity index (χ0) is 23.4. The predicted octanol–water partition coefficient (Wildman–Crippen LogP) is 3.44. The van der Waals surface area contributed by atoms with Crippen molar-refractivity contribution in [3.8, 4) is 16.3 Å². The fraction of sp³-hybridized carbons (Fsp3) is 0.333. The molecule has 3 heterocycles. The van der Waals surface area contributed by atoms with Gasteiger partial charge in [-0.15, -0.1) is 11.3 Å². The third-order valence-corrected chi connectivity index (χ3v) is 6.32. The van der Waals surface area contributed by atoms with Crippen molar-refractivity contribution in [3.05, 3.63) is 52.9 Å². The standard InChI is InChI=1S/C24H29N5O3S/c1-28(2)14-18-7-8-20(33-18)17-6-4-5-16(11-17)13-29-15-21(30)26-23-19(29)12-22(27-24(23)25)32-10-9-31-3/h4-8,11-12H,9-10,13-15H2,1-3H3,(H2,25,27)(H,26,30). The molecule has 174 valence electrons. The normalized spacial score (nSPS) is 13.2. The van der Waals surface area contributed by atoms with Crippen LogP contribution in [0.4, 0.5) is 17.2 Å². The molecule has 0 atom stereocenters. The SMILES string of the molecule is COCCOc1cc2c(c(N)n1)NC(=O)CN2Cc1cccc(-c2ccc(CN(C)C)s2)c1. The monoisotopic (exact) mass is 467 g/mol. The van der Waals surface area contributed by atoms with Crippen molar-refractivity contribution in [1.29, 1.82) is 0 Å². The fourth-order valence-electron chi connectivity index (χ4n) is 3.76. The number of ether oxygens (including phenoxy) is 2. The van der Waals surface area contributed by atoms with Crippen LogP contribution >= 0.6 is 11.3 Å². The summed E-state index contributed by atoms with van der Waals surface area (Å²) in [6.45, 7) is 2.53. The largest absolute Gasteiger partial charge is 0.475 e. The van der Waals surface area contributed by atoms with Gasteiger partial charge >= 0.3 is 0 Å². The number of nitrogens with one attached hydrogen (secondary N) is 1. The van der Waals surface area contributed by atoms with E-state index >= 15 is 0 Å². The molecule has 1 aliphatic heterocycles. The zero-order valence-electron chi connectivity index (χ0n) is 19.1. The number of aromatic nitrogens is 1. The van der Waals surface area contributed by atoms with Crippen LogP contribution < -0.4 is 20.7 Å². The van der Waals surface area contributed by atoms with Gasteiger partial charge in [0.15, 0.2) is 5.82 Å². The van der Waals surface area contributed by atoms with Crippen LogP contribution in [-0.2, 0) is 22.6 Å². The van der Waals surface area contributed by atoms with Crippen molar-refractivity contribution in [3.63, 3.8) is 0 Å². The second kappa shape index (κ2) is 10.2. The molecule has 33 heavy (non-hydrogen) atoms. The number of carbonyl (C=O) groups is 1. The first-order valence-electron chi connectivity index (χ1n) is 10.7. The molecule has 3 aromatic rings. The Labute approximate surface area is 197 Å². The molecule has 1 aromatic carbocycles. The highest BCUT2D eigenvalue weighted by Gasteiger charge is 2.26. The maximum atomic E-state index is 12.4. The van der Waals surface area contributed by atoms with Crippen molar-refractivity contribution < 1.29 is 14.3 Å². The Balaban J connectivity index is 1.58. The van der Waals surface area contributed by atoms with Crippen LogP contribution in [0, 0.1) is 0 Å². The molecule has 0 radical (unpaired) electrons. The summed E-state index contributed by atoms with van der Waals surface area (Å²) in [7, 11) is 5.76. The lowest BCUT2D eigenvalue weighted by molar-refractivity contribution is -0.115. The Morgan fingerprint density at radius 3 is 2.85 bits per heavy atom. The Kier molecular flexibility index (Phi) is 7.12. The van der Waals surface area contributed by atoms with E-state index in [2.05, 4.69) is 65.7 Å². The van der Waals surface area contributed by atoms with Crippen LogP contribution in [0.3, 0.4) is 0 Å². The number of anilines is 3. The topological polar surface area (TPSA) is 92.9 Å². The van der Waals surface area contributed by atoms with Gasteiger partial charge in [-0.3, -0.25) is 4.79 Å². The van der Waals surface area contributed by atoms with E-state index in [1.807, 2.05) is 11.0 Å². The third-order valence-electron chi connectivity index (χ3n) is 5.20. The molecule has 3 N–H and O–H groups in total. The number of nitrogens with two attached hydrogens (primary N) is 1. The van der Waals surface area contributed by atoms with Crippen LogP contribution in [0.2, 0.25) is 0 Å². The minimum absolute atomic E-state index is 0.119. The lowest BCUT2D eigenvalue weighted by atomic mass is 10.1. The number of rotatable bonds is 9. The van der Waals surface area contributed by atoms with E-state index in [1.54, 1.807) is 18.4 Å². The van der Waals surface area contributed by atoms with Gasteiger partial charge in [-0.05, 0) is 43.4 Å². The lowest BCUT2D eigenvalue weighted by Gasteiger charge is -2.31. The molecule has 0 saturated heterocycles. The molecule has 1 aliphatic rings. The highest BCUT2D eigenvalue weighted by atomic mass is 32.1. The van der Waals surface area contributed by atoms with Gasteiger partial charge in [-0.2, -0.15) is 4.98 Å². The molecular weight excluding hydrogens is 438 g/mol. The van der Waals surface area contributed by atoms with E-state index in [1.165, 1.54) is 15.3 Å². The van der Waals surface area contributed by atoms with Gasteiger partial charge in [0.05, 0.1) is 18.8 Å². The summed E-state index contributed by atoms with van der Waals surface area (Å²) in [4.78, 5) is 23.4. The van der Waals surface area contributed by atoms with E-state index in [-0.39, 0.29) is 18.3 Å². The van der Waals surface area contributed by atoms with Gasteiger partial charge in [-0.25, -0.2) is 0 Å². The highest BCUT2D eigenvalue weighted by Crippen LogP contribution is 2.37.